The summed E-state index contributed by atoms with van der Waals surface area (Å²) in [6.07, 6.45) is 0. The van der Waals surface area contributed by atoms with E-state index >= 15 is 0 Å². The Labute approximate surface area is 129 Å². The first-order valence-electron chi connectivity index (χ1n) is 6.52. The number of hydrogen-bond donors (Lipinski definition) is 2. The summed E-state index contributed by atoms with van der Waals surface area (Å²) in [6.45, 7) is 4.53. The molecular formula is C13H18N2O4S2. The predicted octanol–water partition coefficient (Wildman–Crippen LogP) is 1.05. The SMILES string of the molecule is CC(C)C(NS(=O)(=O)c1ccc2c(c1)OCCO2)C(N)=S. The van der Waals surface area contributed by atoms with Crippen LogP contribution in [-0.4, -0.2) is 32.7 Å². The normalized spacial score (nSPS) is 15.8. The Morgan fingerprint density at radius 3 is 2.48 bits per heavy atom. The van der Waals surface area contributed by atoms with E-state index in [0.29, 0.717) is 24.7 Å². The highest BCUT2D eigenvalue weighted by Crippen LogP contribution is 2.32. The van der Waals surface area contributed by atoms with Gasteiger partial charge in [0.15, 0.2) is 11.5 Å². The van der Waals surface area contributed by atoms with Gasteiger partial charge in [0.1, 0.15) is 13.2 Å². The van der Waals surface area contributed by atoms with Crippen LogP contribution >= 0.6 is 12.2 Å². The summed E-state index contributed by atoms with van der Waals surface area (Å²) in [5.74, 6) is 0.907. The van der Waals surface area contributed by atoms with Crippen LogP contribution in [0, 0.1) is 5.92 Å². The third-order valence-corrected chi connectivity index (χ3v) is 4.77. The number of hydrogen-bond acceptors (Lipinski definition) is 5. The molecule has 0 saturated carbocycles. The average Bonchev–Trinajstić information content (AvgIpc) is 2.43. The van der Waals surface area contributed by atoms with Crippen LogP contribution in [0.15, 0.2) is 23.1 Å². The van der Waals surface area contributed by atoms with Gasteiger partial charge in [-0.25, -0.2) is 13.1 Å². The minimum atomic E-state index is -3.74. The molecule has 0 saturated heterocycles. The molecule has 2 rings (SSSR count). The largest absolute Gasteiger partial charge is 0.486 e. The zero-order valence-corrected chi connectivity index (χ0v) is 13.5. The van der Waals surface area contributed by atoms with Crippen LogP contribution in [0.4, 0.5) is 0 Å². The number of benzene rings is 1. The zero-order valence-electron chi connectivity index (χ0n) is 11.8. The van der Waals surface area contributed by atoms with Crippen molar-refractivity contribution in [1.29, 1.82) is 0 Å². The molecule has 0 radical (unpaired) electrons. The number of thiocarbonyl (C=S) groups is 1. The van der Waals surface area contributed by atoms with Gasteiger partial charge < -0.3 is 15.2 Å². The molecule has 0 aliphatic carbocycles. The fraction of sp³-hybridized carbons (Fsp3) is 0.462. The second kappa shape index (κ2) is 6.17. The van der Waals surface area contributed by atoms with Crippen LogP contribution < -0.4 is 19.9 Å². The second-order valence-corrected chi connectivity index (χ2v) is 7.24. The van der Waals surface area contributed by atoms with Crippen LogP contribution in [0.2, 0.25) is 0 Å². The monoisotopic (exact) mass is 330 g/mol. The molecule has 0 amide bonds. The van der Waals surface area contributed by atoms with Crippen molar-refractivity contribution in [2.75, 3.05) is 13.2 Å². The highest BCUT2D eigenvalue weighted by Gasteiger charge is 2.26. The van der Waals surface area contributed by atoms with Crippen molar-refractivity contribution in [1.82, 2.24) is 4.72 Å². The maximum atomic E-state index is 12.4. The molecule has 1 aliphatic rings. The molecule has 0 aromatic heterocycles. The van der Waals surface area contributed by atoms with Gasteiger partial charge in [-0.3, -0.25) is 0 Å². The van der Waals surface area contributed by atoms with Gasteiger partial charge in [0.2, 0.25) is 10.0 Å². The number of fused-ring (bicyclic) bond motifs is 1. The summed E-state index contributed by atoms with van der Waals surface area (Å²) in [6, 6.07) is 3.88. The number of nitrogens with two attached hydrogens (primary N) is 1. The standard InChI is InChI=1S/C13H18N2O4S2/c1-8(2)12(13(14)20)15-21(16,17)9-3-4-10-11(7-9)19-6-5-18-10/h3-4,7-8,12,15H,5-6H2,1-2H3,(H2,14,20). The summed E-state index contributed by atoms with van der Waals surface area (Å²) in [7, 11) is -3.74. The molecule has 116 valence electrons. The van der Waals surface area contributed by atoms with Crippen LogP contribution in [-0.2, 0) is 10.0 Å². The number of ether oxygens (including phenoxy) is 2. The zero-order chi connectivity index (χ0) is 15.6. The molecular weight excluding hydrogens is 312 g/mol. The minimum absolute atomic E-state index is 0.0468. The maximum absolute atomic E-state index is 12.4. The van der Waals surface area contributed by atoms with E-state index in [1.807, 2.05) is 13.8 Å². The first kappa shape index (κ1) is 16.0. The van der Waals surface area contributed by atoms with Crippen molar-refractivity contribution in [3.05, 3.63) is 18.2 Å². The molecule has 6 nitrogen and oxygen atoms in total. The van der Waals surface area contributed by atoms with Crippen LogP contribution in [0.3, 0.4) is 0 Å². The summed E-state index contributed by atoms with van der Waals surface area (Å²) in [5.41, 5.74) is 5.59. The quantitative estimate of drug-likeness (QED) is 0.784. The highest BCUT2D eigenvalue weighted by molar-refractivity contribution is 7.89. The van der Waals surface area contributed by atoms with Crippen LogP contribution in [0.25, 0.3) is 0 Å². The van der Waals surface area contributed by atoms with Gasteiger partial charge in [0.25, 0.3) is 0 Å². The van der Waals surface area contributed by atoms with E-state index in [1.165, 1.54) is 12.1 Å². The lowest BCUT2D eigenvalue weighted by Gasteiger charge is -2.22. The Morgan fingerprint density at radius 1 is 1.29 bits per heavy atom. The van der Waals surface area contributed by atoms with E-state index in [-0.39, 0.29) is 15.8 Å². The van der Waals surface area contributed by atoms with E-state index in [1.54, 1.807) is 6.07 Å². The lowest BCUT2D eigenvalue weighted by Crippen LogP contribution is -2.46. The molecule has 21 heavy (non-hydrogen) atoms. The first-order valence-corrected chi connectivity index (χ1v) is 8.41. The number of rotatable bonds is 5. The van der Waals surface area contributed by atoms with E-state index < -0.39 is 16.1 Å². The Kier molecular flexibility index (Phi) is 4.70. The van der Waals surface area contributed by atoms with Crippen molar-refractivity contribution in [3.8, 4) is 11.5 Å². The van der Waals surface area contributed by atoms with Crippen LogP contribution in [0.5, 0.6) is 11.5 Å². The third kappa shape index (κ3) is 3.63. The highest BCUT2D eigenvalue weighted by atomic mass is 32.2. The average molecular weight is 330 g/mol. The molecule has 0 fully saturated rings. The summed E-state index contributed by atoms with van der Waals surface area (Å²) < 4.78 is 38.1. The molecule has 1 aromatic carbocycles. The summed E-state index contributed by atoms with van der Waals surface area (Å²) >= 11 is 4.91. The molecule has 8 heteroatoms. The fourth-order valence-corrected chi connectivity index (χ4v) is 3.73. The first-order chi connectivity index (χ1) is 9.81. The Hall–Kier alpha value is -1.38. The second-order valence-electron chi connectivity index (χ2n) is 5.05. The van der Waals surface area contributed by atoms with Crippen molar-refractivity contribution < 1.29 is 17.9 Å². The Morgan fingerprint density at radius 2 is 1.90 bits per heavy atom. The molecule has 0 bridgehead atoms. The summed E-state index contributed by atoms with van der Waals surface area (Å²) in [4.78, 5) is 0.208. The lowest BCUT2D eigenvalue weighted by molar-refractivity contribution is 0.171. The Balaban J connectivity index is 2.29. The molecule has 1 aliphatic heterocycles. The van der Waals surface area contributed by atoms with Gasteiger partial charge in [-0.1, -0.05) is 26.1 Å². The van der Waals surface area contributed by atoms with Gasteiger partial charge in [0.05, 0.1) is 15.9 Å². The van der Waals surface area contributed by atoms with Crippen molar-refractivity contribution in [3.63, 3.8) is 0 Å². The fourth-order valence-electron chi connectivity index (χ4n) is 1.95. The van der Waals surface area contributed by atoms with Gasteiger partial charge in [-0.2, -0.15) is 0 Å². The van der Waals surface area contributed by atoms with Crippen LogP contribution in [0.1, 0.15) is 13.8 Å². The summed E-state index contributed by atoms with van der Waals surface area (Å²) in [5, 5.41) is 0. The van der Waals surface area contributed by atoms with Gasteiger partial charge in [0, 0.05) is 6.07 Å². The lowest BCUT2D eigenvalue weighted by atomic mass is 10.1. The predicted molar refractivity (Wildman–Crippen MR) is 83.2 cm³/mol. The molecule has 1 heterocycles. The van der Waals surface area contributed by atoms with Crippen molar-refractivity contribution >= 4 is 27.2 Å². The molecule has 1 unspecified atom stereocenters. The Bertz CT molecular complexity index is 644. The van der Waals surface area contributed by atoms with E-state index in [9.17, 15) is 8.42 Å². The van der Waals surface area contributed by atoms with E-state index in [0.717, 1.165) is 0 Å². The number of nitrogens with one attached hydrogen (secondary N) is 1. The molecule has 1 aromatic rings. The molecule has 0 spiro atoms. The van der Waals surface area contributed by atoms with Gasteiger partial charge in [-0.05, 0) is 18.1 Å². The van der Waals surface area contributed by atoms with Gasteiger partial charge in [-0.15, -0.1) is 0 Å². The third-order valence-electron chi connectivity index (χ3n) is 3.08. The van der Waals surface area contributed by atoms with Crippen molar-refractivity contribution in [2.24, 2.45) is 11.7 Å². The van der Waals surface area contributed by atoms with Crippen molar-refractivity contribution in [2.45, 2.75) is 24.8 Å². The molecule has 3 N–H and O–H groups in total. The minimum Gasteiger partial charge on any atom is -0.486 e. The topological polar surface area (TPSA) is 90.7 Å². The molecule has 1 atom stereocenters. The smallest absolute Gasteiger partial charge is 0.241 e. The van der Waals surface area contributed by atoms with E-state index in [4.69, 9.17) is 27.4 Å². The number of sulfonamides is 1. The maximum Gasteiger partial charge on any atom is 0.241 e. The van der Waals surface area contributed by atoms with Gasteiger partial charge >= 0.3 is 0 Å². The van der Waals surface area contributed by atoms with E-state index in [2.05, 4.69) is 4.72 Å².